The van der Waals surface area contributed by atoms with Gasteiger partial charge in [0.2, 0.25) is 0 Å². The van der Waals surface area contributed by atoms with E-state index in [1.165, 1.54) is 0 Å². The number of hydrogen-bond acceptors (Lipinski definition) is 4. The summed E-state index contributed by atoms with van der Waals surface area (Å²) in [5.41, 5.74) is 1.62. The maximum atomic E-state index is 12.3. The van der Waals surface area contributed by atoms with Crippen molar-refractivity contribution in [3.63, 3.8) is 0 Å². The van der Waals surface area contributed by atoms with Crippen LogP contribution in [-0.4, -0.2) is 26.5 Å². The second-order valence-corrected chi connectivity index (χ2v) is 5.27. The van der Waals surface area contributed by atoms with E-state index in [1.54, 1.807) is 42.5 Å². The van der Waals surface area contributed by atoms with Crippen LogP contribution in [-0.2, 0) is 0 Å². The van der Waals surface area contributed by atoms with Crippen LogP contribution in [0.2, 0.25) is 10.0 Å². The molecule has 1 heterocycles. The van der Waals surface area contributed by atoms with E-state index in [1.807, 2.05) is 0 Å². The second-order valence-electron chi connectivity index (χ2n) is 4.40. The molecule has 22 heavy (non-hydrogen) atoms. The van der Waals surface area contributed by atoms with Gasteiger partial charge >= 0.3 is 0 Å². The van der Waals surface area contributed by atoms with Crippen LogP contribution in [0.5, 0.6) is 0 Å². The summed E-state index contributed by atoms with van der Waals surface area (Å²) >= 11 is 11.8. The first-order valence-corrected chi connectivity index (χ1v) is 6.99. The highest BCUT2D eigenvalue weighted by Crippen LogP contribution is 2.28. The minimum atomic E-state index is -0.285. The number of hydrogen-bond donors (Lipinski definition) is 2. The lowest BCUT2D eigenvalue weighted by atomic mass is 10.1. The number of aromatic nitrogens is 4. The molecule has 8 heteroatoms. The number of amides is 1. The Morgan fingerprint density at radius 2 is 1.77 bits per heavy atom. The Hall–Kier alpha value is -2.44. The number of halogens is 2. The lowest BCUT2D eigenvalue weighted by Gasteiger charge is -2.10. The summed E-state index contributed by atoms with van der Waals surface area (Å²) < 4.78 is 0. The predicted octanol–water partition coefficient (Wildman–Crippen LogP) is 3.43. The molecular weight excluding hydrogens is 325 g/mol. The number of aromatic amines is 1. The first-order valence-electron chi connectivity index (χ1n) is 6.24. The van der Waals surface area contributed by atoms with Crippen LogP contribution in [0.1, 0.15) is 10.4 Å². The van der Waals surface area contributed by atoms with E-state index < -0.39 is 0 Å². The van der Waals surface area contributed by atoms with Gasteiger partial charge in [0.1, 0.15) is 0 Å². The summed E-state index contributed by atoms with van der Waals surface area (Å²) in [4.78, 5) is 12.3. The van der Waals surface area contributed by atoms with Crippen molar-refractivity contribution in [3.05, 3.63) is 58.1 Å². The number of H-pyrrole nitrogens is 1. The van der Waals surface area contributed by atoms with Gasteiger partial charge in [-0.2, -0.15) is 0 Å². The molecule has 2 aromatic carbocycles. The molecule has 3 aromatic rings. The van der Waals surface area contributed by atoms with Crippen molar-refractivity contribution in [2.75, 3.05) is 5.32 Å². The molecule has 0 radical (unpaired) electrons. The van der Waals surface area contributed by atoms with Crippen LogP contribution in [0.4, 0.5) is 5.69 Å². The standard InChI is InChI=1S/C14H9Cl2N5O/c15-9-3-1-8(2-4-9)14(22)17-12-7-10(16)5-6-11(12)13-18-20-21-19-13/h1-7H,(H,17,22)(H,18,19,20,21). The maximum absolute atomic E-state index is 12.3. The Kier molecular flexibility index (Phi) is 4.04. The van der Waals surface area contributed by atoms with Crippen molar-refractivity contribution in [1.82, 2.24) is 20.6 Å². The normalized spacial score (nSPS) is 10.5. The molecule has 2 N–H and O–H groups in total. The smallest absolute Gasteiger partial charge is 0.255 e. The third-order valence-electron chi connectivity index (χ3n) is 2.94. The molecule has 0 aliphatic heterocycles. The quantitative estimate of drug-likeness (QED) is 0.769. The number of benzene rings is 2. The van der Waals surface area contributed by atoms with Gasteiger partial charge in [-0.1, -0.05) is 23.2 Å². The average Bonchev–Trinajstić information content (AvgIpc) is 3.02. The monoisotopic (exact) mass is 333 g/mol. The fraction of sp³-hybridized carbons (Fsp3) is 0. The minimum absolute atomic E-state index is 0.285. The lowest BCUT2D eigenvalue weighted by molar-refractivity contribution is 0.102. The highest BCUT2D eigenvalue weighted by atomic mass is 35.5. The molecule has 0 saturated carbocycles. The van der Waals surface area contributed by atoms with Gasteiger partial charge in [-0.15, -0.1) is 5.10 Å². The van der Waals surface area contributed by atoms with Crippen molar-refractivity contribution >= 4 is 34.8 Å². The summed E-state index contributed by atoms with van der Waals surface area (Å²) in [7, 11) is 0. The fourth-order valence-electron chi connectivity index (χ4n) is 1.90. The van der Waals surface area contributed by atoms with Crippen LogP contribution in [0.25, 0.3) is 11.4 Å². The topological polar surface area (TPSA) is 83.6 Å². The number of tetrazole rings is 1. The van der Waals surface area contributed by atoms with Gasteiger partial charge in [0.05, 0.1) is 5.69 Å². The van der Waals surface area contributed by atoms with E-state index >= 15 is 0 Å². The van der Waals surface area contributed by atoms with Gasteiger partial charge in [0.15, 0.2) is 5.82 Å². The number of nitrogens with one attached hydrogen (secondary N) is 2. The van der Waals surface area contributed by atoms with Crippen LogP contribution >= 0.6 is 23.2 Å². The van der Waals surface area contributed by atoms with Crippen LogP contribution in [0.3, 0.4) is 0 Å². The summed E-state index contributed by atoms with van der Waals surface area (Å²) in [5, 5.41) is 17.4. The summed E-state index contributed by atoms with van der Waals surface area (Å²) in [5.74, 6) is 0.149. The van der Waals surface area contributed by atoms with Crippen molar-refractivity contribution in [2.45, 2.75) is 0 Å². The Labute approximate surface area is 135 Å². The molecule has 0 fully saturated rings. The zero-order valence-corrected chi connectivity index (χ0v) is 12.6. The summed E-state index contributed by atoms with van der Waals surface area (Å²) in [6.07, 6.45) is 0. The number of rotatable bonds is 3. The molecule has 6 nitrogen and oxygen atoms in total. The van der Waals surface area contributed by atoms with E-state index in [2.05, 4.69) is 25.9 Å². The van der Waals surface area contributed by atoms with Gasteiger partial charge in [-0.3, -0.25) is 4.79 Å². The van der Waals surface area contributed by atoms with Crippen molar-refractivity contribution in [3.8, 4) is 11.4 Å². The Morgan fingerprint density at radius 3 is 2.45 bits per heavy atom. The molecule has 0 aliphatic carbocycles. The zero-order valence-electron chi connectivity index (χ0n) is 11.0. The van der Waals surface area contributed by atoms with E-state index in [0.29, 0.717) is 32.7 Å². The lowest BCUT2D eigenvalue weighted by Crippen LogP contribution is -2.12. The number of carbonyl (C=O) groups is 1. The van der Waals surface area contributed by atoms with Crippen LogP contribution < -0.4 is 5.32 Å². The Morgan fingerprint density at radius 1 is 1.05 bits per heavy atom. The molecular formula is C14H9Cl2N5O. The highest BCUT2D eigenvalue weighted by Gasteiger charge is 2.13. The third-order valence-corrected chi connectivity index (χ3v) is 3.42. The average molecular weight is 334 g/mol. The first-order chi connectivity index (χ1) is 10.6. The zero-order chi connectivity index (χ0) is 15.5. The third kappa shape index (κ3) is 3.08. The van der Waals surface area contributed by atoms with Gasteiger partial charge in [0, 0.05) is 21.2 Å². The summed E-state index contributed by atoms with van der Waals surface area (Å²) in [6.45, 7) is 0. The fourth-order valence-corrected chi connectivity index (χ4v) is 2.19. The predicted molar refractivity (Wildman–Crippen MR) is 84.0 cm³/mol. The largest absolute Gasteiger partial charge is 0.321 e. The molecule has 0 atom stereocenters. The Balaban J connectivity index is 1.93. The van der Waals surface area contributed by atoms with E-state index in [-0.39, 0.29) is 5.91 Å². The molecule has 1 aromatic heterocycles. The molecule has 110 valence electrons. The van der Waals surface area contributed by atoms with E-state index in [0.717, 1.165) is 0 Å². The van der Waals surface area contributed by atoms with Crippen molar-refractivity contribution in [2.24, 2.45) is 0 Å². The summed E-state index contributed by atoms with van der Waals surface area (Å²) in [6, 6.07) is 11.6. The van der Waals surface area contributed by atoms with Gasteiger partial charge in [0.25, 0.3) is 5.91 Å². The van der Waals surface area contributed by atoms with Gasteiger partial charge in [-0.25, -0.2) is 5.10 Å². The van der Waals surface area contributed by atoms with Crippen LogP contribution in [0.15, 0.2) is 42.5 Å². The van der Waals surface area contributed by atoms with Crippen molar-refractivity contribution in [1.29, 1.82) is 0 Å². The minimum Gasteiger partial charge on any atom is -0.321 e. The molecule has 0 unspecified atom stereocenters. The Bertz CT molecular complexity index is 803. The maximum Gasteiger partial charge on any atom is 0.255 e. The van der Waals surface area contributed by atoms with Gasteiger partial charge < -0.3 is 5.32 Å². The molecule has 0 bridgehead atoms. The highest BCUT2D eigenvalue weighted by molar-refractivity contribution is 6.31. The SMILES string of the molecule is O=C(Nc1cc(Cl)ccc1-c1nnn[nH]1)c1ccc(Cl)cc1. The molecule has 3 rings (SSSR count). The number of anilines is 1. The van der Waals surface area contributed by atoms with E-state index in [9.17, 15) is 4.79 Å². The van der Waals surface area contributed by atoms with Gasteiger partial charge in [-0.05, 0) is 52.9 Å². The second kappa shape index (κ2) is 6.13. The van der Waals surface area contributed by atoms with E-state index in [4.69, 9.17) is 23.2 Å². The molecule has 0 saturated heterocycles. The number of nitrogens with zero attached hydrogens (tertiary/aromatic N) is 3. The first kappa shape index (κ1) is 14.5. The van der Waals surface area contributed by atoms with Crippen LogP contribution in [0, 0.1) is 0 Å². The van der Waals surface area contributed by atoms with Crippen molar-refractivity contribution < 1.29 is 4.79 Å². The molecule has 1 amide bonds. The molecule has 0 aliphatic rings. The molecule has 0 spiro atoms. The number of carbonyl (C=O) groups excluding carboxylic acids is 1.